The van der Waals surface area contributed by atoms with E-state index in [9.17, 15) is 26.3 Å². The van der Waals surface area contributed by atoms with E-state index in [1.54, 1.807) is 0 Å². The third kappa shape index (κ3) is 7.20. The number of para-hydroxylation sites is 2. The first-order chi connectivity index (χ1) is 12.5. The Morgan fingerprint density at radius 2 is 1.44 bits per heavy atom. The van der Waals surface area contributed by atoms with E-state index in [-0.39, 0.29) is 30.1 Å². The Balaban J connectivity index is 2.01. The molecule has 2 aromatic carbocycles. The van der Waals surface area contributed by atoms with Crippen molar-refractivity contribution in [1.29, 1.82) is 5.41 Å². The maximum atomic E-state index is 12.4. The molecule has 27 heavy (non-hydrogen) atoms. The van der Waals surface area contributed by atoms with Gasteiger partial charge in [-0.25, -0.2) is 0 Å². The third-order valence-corrected chi connectivity index (χ3v) is 3.39. The Morgan fingerprint density at radius 1 is 0.852 bits per heavy atom. The second-order valence-corrected chi connectivity index (χ2v) is 5.57. The van der Waals surface area contributed by atoms with E-state index in [2.05, 4.69) is 4.74 Å². The molecule has 2 aromatic rings. The van der Waals surface area contributed by atoms with Gasteiger partial charge in [-0.1, -0.05) is 12.1 Å². The van der Waals surface area contributed by atoms with E-state index in [4.69, 9.17) is 10.1 Å². The molecule has 0 saturated heterocycles. The maximum absolute atomic E-state index is 12.4. The zero-order valence-electron chi connectivity index (χ0n) is 13.8. The van der Waals surface area contributed by atoms with Gasteiger partial charge in [0.1, 0.15) is 5.75 Å². The fourth-order valence-electron chi connectivity index (χ4n) is 2.20. The molecule has 0 aliphatic rings. The summed E-state index contributed by atoms with van der Waals surface area (Å²) in [6.07, 6.45) is -10.3. The number of benzene rings is 2. The Hall–Kier alpha value is -2.71. The molecule has 0 amide bonds. The summed E-state index contributed by atoms with van der Waals surface area (Å²) in [5.41, 5.74) is 0.441. The van der Waals surface area contributed by atoms with E-state index in [0.717, 1.165) is 6.07 Å². The lowest BCUT2D eigenvalue weighted by Gasteiger charge is -2.14. The Kier molecular flexibility index (Phi) is 6.35. The predicted octanol–water partition coefficient (Wildman–Crippen LogP) is 6.48. The first kappa shape index (κ1) is 20.6. The summed E-state index contributed by atoms with van der Waals surface area (Å²) in [7, 11) is 0. The summed E-state index contributed by atoms with van der Waals surface area (Å²) in [4.78, 5) is 0. The summed E-state index contributed by atoms with van der Waals surface area (Å²) in [6.45, 7) is 0. The Bertz CT molecular complexity index is 769. The largest absolute Gasteiger partial charge is 0.573 e. The van der Waals surface area contributed by atoms with Gasteiger partial charge in [0.05, 0.1) is 0 Å². The fraction of sp³-hybridized carbons (Fsp3) is 0.278. The van der Waals surface area contributed by atoms with Gasteiger partial charge in [-0.2, -0.15) is 13.2 Å². The van der Waals surface area contributed by atoms with Crippen molar-refractivity contribution in [3.8, 4) is 17.2 Å². The molecule has 1 N–H and O–H groups in total. The number of alkyl halides is 6. The number of halogens is 6. The van der Waals surface area contributed by atoms with Crippen molar-refractivity contribution < 1.29 is 35.8 Å². The molecule has 3 nitrogen and oxygen atoms in total. The summed E-state index contributed by atoms with van der Waals surface area (Å²) < 4.78 is 82.9. The number of hydrogen-bond acceptors (Lipinski definition) is 3. The molecule has 0 unspecified atom stereocenters. The van der Waals surface area contributed by atoms with Crippen LogP contribution in [0.5, 0.6) is 17.2 Å². The molecular weight excluding hydrogens is 376 g/mol. The van der Waals surface area contributed by atoms with Gasteiger partial charge in [-0.15, -0.1) is 13.2 Å². The average molecular weight is 391 g/mol. The van der Waals surface area contributed by atoms with Crippen LogP contribution in [0.3, 0.4) is 0 Å². The van der Waals surface area contributed by atoms with Crippen LogP contribution in [0, 0.1) is 5.41 Å². The smallest absolute Gasteiger partial charge is 0.453 e. The molecule has 0 aromatic heterocycles. The third-order valence-electron chi connectivity index (χ3n) is 3.39. The fourth-order valence-corrected chi connectivity index (χ4v) is 2.20. The number of nitrogens with one attached hydrogen (secondary N) is 1. The lowest BCUT2D eigenvalue weighted by Crippen LogP contribution is -2.17. The lowest BCUT2D eigenvalue weighted by molar-refractivity contribution is -0.275. The van der Waals surface area contributed by atoms with E-state index in [1.807, 2.05) is 0 Å². The zero-order valence-corrected chi connectivity index (χ0v) is 13.8. The first-order valence-corrected chi connectivity index (χ1v) is 7.81. The molecule has 0 bridgehead atoms. The second-order valence-electron chi connectivity index (χ2n) is 5.57. The molecule has 0 heterocycles. The van der Waals surface area contributed by atoms with Gasteiger partial charge < -0.3 is 14.9 Å². The average Bonchev–Trinajstić information content (AvgIpc) is 2.55. The Labute approximate surface area is 151 Å². The van der Waals surface area contributed by atoms with Crippen LogP contribution in [0.15, 0.2) is 48.5 Å². The topological polar surface area (TPSA) is 42.3 Å². The normalized spacial score (nSPS) is 11.9. The van der Waals surface area contributed by atoms with Crippen molar-refractivity contribution in [2.45, 2.75) is 31.8 Å². The minimum atomic E-state index is -4.87. The van der Waals surface area contributed by atoms with Crippen LogP contribution in [0.4, 0.5) is 26.3 Å². The van der Waals surface area contributed by atoms with Gasteiger partial charge >= 0.3 is 12.5 Å². The van der Waals surface area contributed by atoms with E-state index >= 15 is 0 Å². The van der Waals surface area contributed by atoms with E-state index < -0.39 is 24.7 Å². The SMILES string of the molecule is N=C(CCCC(F)(F)F)c1ccc(Oc2ccccc2OC(F)(F)F)cc1. The van der Waals surface area contributed by atoms with Gasteiger partial charge in [-0.3, -0.25) is 0 Å². The number of rotatable bonds is 7. The second kappa shape index (κ2) is 8.32. The molecule has 2 rings (SSSR count). The highest BCUT2D eigenvalue weighted by Crippen LogP contribution is 2.35. The van der Waals surface area contributed by atoms with Crippen molar-refractivity contribution in [3.05, 3.63) is 54.1 Å². The minimum absolute atomic E-state index is 0.0339. The van der Waals surface area contributed by atoms with Crippen LogP contribution in [0.1, 0.15) is 24.8 Å². The summed E-state index contributed by atoms with van der Waals surface area (Å²) in [5, 5.41) is 7.81. The van der Waals surface area contributed by atoms with Gasteiger partial charge in [0.15, 0.2) is 11.5 Å². The van der Waals surface area contributed by atoms with Crippen LogP contribution in [-0.4, -0.2) is 18.3 Å². The van der Waals surface area contributed by atoms with Crippen LogP contribution < -0.4 is 9.47 Å². The van der Waals surface area contributed by atoms with Crippen LogP contribution in [0.2, 0.25) is 0 Å². The van der Waals surface area contributed by atoms with Crippen molar-refractivity contribution in [2.75, 3.05) is 0 Å². The molecule has 0 spiro atoms. The quantitative estimate of drug-likeness (QED) is 0.434. The van der Waals surface area contributed by atoms with Gasteiger partial charge in [0.2, 0.25) is 0 Å². The molecule has 0 atom stereocenters. The molecule has 0 saturated carbocycles. The lowest BCUT2D eigenvalue weighted by atomic mass is 10.0. The predicted molar refractivity (Wildman–Crippen MR) is 86.4 cm³/mol. The van der Waals surface area contributed by atoms with Crippen molar-refractivity contribution in [3.63, 3.8) is 0 Å². The highest BCUT2D eigenvalue weighted by Gasteiger charge is 2.32. The standard InChI is InChI=1S/C18H15F6NO2/c19-17(20,21)11-3-4-14(25)12-7-9-13(10-8-12)26-15-5-1-2-6-16(15)27-18(22,23)24/h1-2,5-10,25H,3-4,11H2. The van der Waals surface area contributed by atoms with Crippen molar-refractivity contribution >= 4 is 5.71 Å². The van der Waals surface area contributed by atoms with Gasteiger partial charge in [0, 0.05) is 12.1 Å². The molecule has 0 fully saturated rings. The molecular formula is C18H15F6NO2. The highest BCUT2D eigenvalue weighted by atomic mass is 19.4. The van der Waals surface area contributed by atoms with Crippen molar-refractivity contribution in [2.24, 2.45) is 0 Å². The number of hydrogen-bond donors (Lipinski definition) is 1. The van der Waals surface area contributed by atoms with Crippen LogP contribution in [0.25, 0.3) is 0 Å². The van der Waals surface area contributed by atoms with Gasteiger partial charge in [0.25, 0.3) is 0 Å². The summed E-state index contributed by atoms with van der Waals surface area (Å²) in [6, 6.07) is 11.0. The highest BCUT2D eigenvalue weighted by molar-refractivity contribution is 5.98. The van der Waals surface area contributed by atoms with Crippen molar-refractivity contribution in [1.82, 2.24) is 0 Å². The first-order valence-electron chi connectivity index (χ1n) is 7.81. The van der Waals surface area contributed by atoms with Gasteiger partial charge in [-0.05, 0) is 54.8 Å². The minimum Gasteiger partial charge on any atom is -0.453 e. The molecule has 0 aliphatic carbocycles. The molecule has 146 valence electrons. The monoisotopic (exact) mass is 391 g/mol. The van der Waals surface area contributed by atoms with E-state index in [0.29, 0.717) is 5.56 Å². The summed E-state index contributed by atoms with van der Waals surface area (Å²) >= 11 is 0. The van der Waals surface area contributed by atoms with E-state index in [1.165, 1.54) is 42.5 Å². The zero-order chi connectivity index (χ0) is 20.1. The molecule has 0 aliphatic heterocycles. The summed E-state index contributed by atoms with van der Waals surface area (Å²) in [5.74, 6) is -0.461. The number of ether oxygens (including phenoxy) is 2. The maximum Gasteiger partial charge on any atom is 0.573 e. The Morgan fingerprint density at radius 3 is 2.00 bits per heavy atom. The molecule has 9 heteroatoms. The molecule has 0 radical (unpaired) electrons. The van der Waals surface area contributed by atoms with Crippen LogP contribution in [-0.2, 0) is 0 Å². The van der Waals surface area contributed by atoms with Crippen LogP contribution >= 0.6 is 0 Å².